The molecule has 0 N–H and O–H groups in total. The van der Waals surface area contributed by atoms with Crippen LogP contribution in [0.2, 0.25) is 0 Å². The molecule has 0 unspecified atom stereocenters. The second-order valence-electron chi connectivity index (χ2n) is 2.85. The Morgan fingerprint density at radius 1 is 1.36 bits per heavy atom. The van der Waals surface area contributed by atoms with Crippen LogP contribution in [0.5, 0.6) is 0 Å². The Morgan fingerprint density at radius 3 is 2.64 bits per heavy atom. The average molecular weight is 192 g/mol. The fraction of sp³-hybridized carbons (Fsp3) is 0.111. The van der Waals surface area contributed by atoms with Gasteiger partial charge in [-0.05, 0) is 18.2 Å². The Hall–Kier alpha value is -2.04. The molecule has 2 aromatic rings. The number of aromatic nitrogens is 1. The zero-order valence-electron chi connectivity index (χ0n) is 7.29. The largest absolute Gasteiger partial charge is 0.433 e. The first-order valence-electron chi connectivity index (χ1n) is 4.09. The quantitative estimate of drug-likeness (QED) is 0.552. The van der Waals surface area contributed by atoms with Crippen molar-refractivity contribution >= 4 is 5.88 Å². The lowest BCUT2D eigenvalue weighted by Gasteiger charge is -1.96. The molecule has 0 atom stereocenters. The van der Waals surface area contributed by atoms with E-state index < -0.39 is 4.92 Å². The molecule has 0 amide bonds. The predicted molar refractivity (Wildman–Crippen MR) is 48.9 cm³/mol. The highest BCUT2D eigenvalue weighted by Crippen LogP contribution is 2.16. The van der Waals surface area contributed by atoms with E-state index in [9.17, 15) is 10.1 Å². The van der Waals surface area contributed by atoms with Crippen LogP contribution in [0.1, 0.15) is 5.76 Å². The molecule has 2 rings (SSSR count). The van der Waals surface area contributed by atoms with Gasteiger partial charge in [-0.25, -0.2) is 0 Å². The third kappa shape index (κ3) is 1.66. The van der Waals surface area contributed by atoms with Crippen LogP contribution in [-0.4, -0.2) is 9.49 Å². The van der Waals surface area contributed by atoms with Crippen molar-refractivity contribution in [2.75, 3.05) is 0 Å². The summed E-state index contributed by atoms with van der Waals surface area (Å²) in [6.07, 6.45) is 3.74. The number of rotatable bonds is 3. The smallest absolute Gasteiger partial charge is 0.404 e. The molecule has 5 heteroatoms. The van der Waals surface area contributed by atoms with Crippen LogP contribution in [0.3, 0.4) is 0 Å². The van der Waals surface area contributed by atoms with E-state index in [-0.39, 0.29) is 5.88 Å². The van der Waals surface area contributed by atoms with E-state index >= 15 is 0 Å². The lowest BCUT2D eigenvalue weighted by atomic mass is 10.4. The van der Waals surface area contributed by atoms with Crippen molar-refractivity contribution in [1.82, 2.24) is 4.57 Å². The molecule has 0 bridgehead atoms. The van der Waals surface area contributed by atoms with Crippen LogP contribution in [-0.2, 0) is 6.54 Å². The molecule has 0 aliphatic carbocycles. The van der Waals surface area contributed by atoms with E-state index in [1.165, 1.54) is 6.07 Å². The SMILES string of the molecule is O=[N+]([O-])c1ccc(Cn2cccc2)o1. The van der Waals surface area contributed by atoms with Gasteiger partial charge in [-0.15, -0.1) is 0 Å². The van der Waals surface area contributed by atoms with Crippen molar-refractivity contribution in [3.63, 3.8) is 0 Å². The fourth-order valence-electron chi connectivity index (χ4n) is 1.21. The summed E-state index contributed by atoms with van der Waals surface area (Å²) in [5, 5.41) is 10.3. The highest BCUT2D eigenvalue weighted by Gasteiger charge is 2.11. The van der Waals surface area contributed by atoms with E-state index in [0.29, 0.717) is 12.3 Å². The predicted octanol–water partition coefficient (Wildman–Crippen LogP) is 2.04. The zero-order chi connectivity index (χ0) is 9.97. The molecule has 0 radical (unpaired) electrons. The van der Waals surface area contributed by atoms with Crippen LogP contribution < -0.4 is 0 Å². The summed E-state index contributed by atoms with van der Waals surface area (Å²) in [4.78, 5) is 9.78. The molecule has 0 saturated carbocycles. The lowest BCUT2D eigenvalue weighted by molar-refractivity contribution is -0.402. The van der Waals surface area contributed by atoms with E-state index in [1.807, 2.05) is 29.1 Å². The van der Waals surface area contributed by atoms with Crippen LogP contribution in [0.4, 0.5) is 5.88 Å². The summed E-state index contributed by atoms with van der Waals surface area (Å²) in [7, 11) is 0. The molecule has 0 spiro atoms. The molecule has 2 heterocycles. The molecule has 0 aliphatic heterocycles. The normalized spacial score (nSPS) is 10.3. The Kier molecular flexibility index (Phi) is 2.06. The summed E-state index contributed by atoms with van der Waals surface area (Å²) in [5.74, 6) is 0.361. The fourth-order valence-corrected chi connectivity index (χ4v) is 1.21. The topological polar surface area (TPSA) is 61.2 Å². The average Bonchev–Trinajstić information content (AvgIpc) is 2.75. The van der Waals surface area contributed by atoms with Gasteiger partial charge in [0.05, 0.1) is 12.6 Å². The molecular weight excluding hydrogens is 184 g/mol. The molecular formula is C9H8N2O3. The van der Waals surface area contributed by atoms with Crippen molar-refractivity contribution in [3.8, 4) is 0 Å². The molecule has 14 heavy (non-hydrogen) atoms. The van der Waals surface area contributed by atoms with Gasteiger partial charge in [0.15, 0.2) is 0 Å². The van der Waals surface area contributed by atoms with Gasteiger partial charge in [0, 0.05) is 12.4 Å². The van der Waals surface area contributed by atoms with Crippen molar-refractivity contribution in [2.24, 2.45) is 0 Å². The van der Waals surface area contributed by atoms with Gasteiger partial charge < -0.3 is 8.98 Å². The molecule has 0 fully saturated rings. The van der Waals surface area contributed by atoms with Gasteiger partial charge in [-0.1, -0.05) is 0 Å². The molecule has 0 saturated heterocycles. The Bertz CT molecular complexity index is 431. The monoisotopic (exact) mass is 192 g/mol. The van der Waals surface area contributed by atoms with Crippen LogP contribution in [0.25, 0.3) is 0 Å². The van der Waals surface area contributed by atoms with Crippen molar-refractivity contribution in [1.29, 1.82) is 0 Å². The van der Waals surface area contributed by atoms with Crippen molar-refractivity contribution < 1.29 is 9.34 Å². The standard InChI is InChI=1S/C9H8N2O3/c12-11(13)9-4-3-8(14-9)7-10-5-1-2-6-10/h1-6H,7H2. The van der Waals surface area contributed by atoms with Gasteiger partial charge in [0.25, 0.3) is 0 Å². The van der Waals surface area contributed by atoms with Gasteiger partial charge in [-0.3, -0.25) is 10.1 Å². The van der Waals surface area contributed by atoms with E-state index in [2.05, 4.69) is 0 Å². The third-order valence-corrected chi connectivity index (χ3v) is 1.83. The van der Waals surface area contributed by atoms with Crippen LogP contribution in [0, 0.1) is 10.1 Å². The number of nitro groups is 1. The Labute approximate surface area is 79.7 Å². The maximum atomic E-state index is 10.3. The molecule has 0 aliphatic rings. The minimum atomic E-state index is -0.542. The summed E-state index contributed by atoms with van der Waals surface area (Å²) >= 11 is 0. The van der Waals surface area contributed by atoms with Gasteiger partial charge >= 0.3 is 5.88 Å². The van der Waals surface area contributed by atoms with Crippen molar-refractivity contribution in [3.05, 3.63) is 52.5 Å². The summed E-state index contributed by atoms with van der Waals surface area (Å²) in [5.41, 5.74) is 0. The maximum absolute atomic E-state index is 10.3. The molecule has 2 aromatic heterocycles. The molecule has 72 valence electrons. The summed E-state index contributed by atoms with van der Waals surface area (Å²) in [6.45, 7) is 0.515. The van der Waals surface area contributed by atoms with E-state index in [4.69, 9.17) is 4.42 Å². The summed E-state index contributed by atoms with van der Waals surface area (Å²) < 4.78 is 6.88. The summed E-state index contributed by atoms with van der Waals surface area (Å²) in [6, 6.07) is 6.74. The maximum Gasteiger partial charge on any atom is 0.433 e. The zero-order valence-corrected chi connectivity index (χ0v) is 7.29. The van der Waals surface area contributed by atoms with Gasteiger partial charge in [0.2, 0.25) is 0 Å². The van der Waals surface area contributed by atoms with Crippen molar-refractivity contribution in [2.45, 2.75) is 6.54 Å². The molecule has 0 aromatic carbocycles. The van der Waals surface area contributed by atoms with E-state index in [1.54, 1.807) is 6.07 Å². The highest BCUT2D eigenvalue weighted by molar-refractivity contribution is 5.18. The minimum Gasteiger partial charge on any atom is -0.404 e. The number of hydrogen-bond acceptors (Lipinski definition) is 3. The first-order valence-corrected chi connectivity index (χ1v) is 4.09. The first kappa shape index (κ1) is 8.55. The number of nitrogens with zero attached hydrogens (tertiary/aromatic N) is 2. The van der Waals surface area contributed by atoms with Gasteiger partial charge in [0.1, 0.15) is 10.7 Å². The third-order valence-electron chi connectivity index (χ3n) is 1.83. The second-order valence-corrected chi connectivity index (χ2v) is 2.85. The minimum absolute atomic E-state index is 0.216. The number of hydrogen-bond donors (Lipinski definition) is 0. The first-order chi connectivity index (χ1) is 6.75. The molecule has 5 nitrogen and oxygen atoms in total. The van der Waals surface area contributed by atoms with Gasteiger partial charge in [-0.2, -0.15) is 0 Å². The van der Waals surface area contributed by atoms with E-state index in [0.717, 1.165) is 0 Å². The van der Waals surface area contributed by atoms with Crippen LogP contribution >= 0.6 is 0 Å². The Morgan fingerprint density at radius 2 is 2.07 bits per heavy atom. The second kappa shape index (κ2) is 3.37. The van der Waals surface area contributed by atoms with Crippen LogP contribution in [0.15, 0.2) is 41.1 Å². The Balaban J connectivity index is 2.14. The number of furan rings is 1. The highest BCUT2D eigenvalue weighted by atomic mass is 16.6. The lowest BCUT2D eigenvalue weighted by Crippen LogP contribution is -1.93.